The lowest BCUT2D eigenvalue weighted by molar-refractivity contribution is 0.0490. The van der Waals surface area contributed by atoms with Crippen molar-refractivity contribution in [1.82, 2.24) is 10.3 Å². The van der Waals surface area contributed by atoms with Gasteiger partial charge in [-0.05, 0) is 49.8 Å². The van der Waals surface area contributed by atoms with Gasteiger partial charge in [0, 0.05) is 31.5 Å². The summed E-state index contributed by atoms with van der Waals surface area (Å²) >= 11 is 0. The van der Waals surface area contributed by atoms with Crippen LogP contribution < -0.4 is 10.1 Å². The molecule has 1 fully saturated rings. The molecule has 118 valence electrons. The summed E-state index contributed by atoms with van der Waals surface area (Å²) in [7, 11) is 0. The largest absolute Gasteiger partial charge is 0.477 e. The van der Waals surface area contributed by atoms with Crippen LogP contribution in [0.3, 0.4) is 0 Å². The van der Waals surface area contributed by atoms with Crippen molar-refractivity contribution in [2.45, 2.75) is 40.2 Å². The van der Waals surface area contributed by atoms with Crippen LogP contribution in [0.1, 0.15) is 37.9 Å². The molecule has 0 aromatic carbocycles. The van der Waals surface area contributed by atoms with Crippen molar-refractivity contribution in [2.24, 2.45) is 11.8 Å². The first-order valence-corrected chi connectivity index (χ1v) is 8.02. The molecule has 0 saturated carbocycles. The average molecular weight is 292 g/mol. The minimum atomic E-state index is 0.601. The zero-order valence-corrected chi connectivity index (χ0v) is 13.5. The normalized spacial score (nSPS) is 16.4. The van der Waals surface area contributed by atoms with Gasteiger partial charge >= 0.3 is 0 Å². The molecule has 4 nitrogen and oxygen atoms in total. The second-order valence-corrected chi connectivity index (χ2v) is 6.35. The van der Waals surface area contributed by atoms with Gasteiger partial charge in [0.1, 0.15) is 0 Å². The first kappa shape index (κ1) is 16.2. The molecule has 0 bridgehead atoms. The van der Waals surface area contributed by atoms with E-state index in [2.05, 4.69) is 36.3 Å². The van der Waals surface area contributed by atoms with Gasteiger partial charge in [-0.1, -0.05) is 13.8 Å². The van der Waals surface area contributed by atoms with Crippen LogP contribution >= 0.6 is 0 Å². The predicted molar refractivity (Wildman–Crippen MR) is 84.6 cm³/mol. The second kappa shape index (κ2) is 8.35. The summed E-state index contributed by atoms with van der Waals surface area (Å²) in [6, 6.07) is 4.17. The first-order valence-electron chi connectivity index (χ1n) is 8.02. The lowest BCUT2D eigenvalue weighted by Crippen LogP contribution is -2.22. The van der Waals surface area contributed by atoms with Crippen molar-refractivity contribution in [3.8, 4) is 5.88 Å². The van der Waals surface area contributed by atoms with E-state index in [0.717, 1.165) is 57.3 Å². The number of hydrogen-bond donors (Lipinski definition) is 1. The Hall–Kier alpha value is -1.13. The molecule has 0 aliphatic carbocycles. The number of pyridine rings is 1. The number of hydrogen-bond acceptors (Lipinski definition) is 4. The van der Waals surface area contributed by atoms with Crippen molar-refractivity contribution in [3.05, 3.63) is 23.4 Å². The van der Waals surface area contributed by atoms with E-state index in [1.165, 1.54) is 5.56 Å². The Labute approximate surface area is 128 Å². The number of aryl methyl sites for hydroxylation is 1. The van der Waals surface area contributed by atoms with Gasteiger partial charge in [-0.15, -0.1) is 0 Å². The topological polar surface area (TPSA) is 43.4 Å². The van der Waals surface area contributed by atoms with Gasteiger partial charge in [0.15, 0.2) is 0 Å². The van der Waals surface area contributed by atoms with E-state index in [1.807, 2.05) is 6.92 Å². The second-order valence-electron chi connectivity index (χ2n) is 6.35. The lowest BCUT2D eigenvalue weighted by Gasteiger charge is -2.22. The Kier molecular flexibility index (Phi) is 6.46. The smallest absolute Gasteiger partial charge is 0.213 e. The Morgan fingerprint density at radius 1 is 1.33 bits per heavy atom. The van der Waals surface area contributed by atoms with E-state index in [-0.39, 0.29) is 0 Å². The highest BCUT2D eigenvalue weighted by Crippen LogP contribution is 2.18. The Balaban J connectivity index is 1.85. The third-order valence-electron chi connectivity index (χ3n) is 3.68. The zero-order valence-electron chi connectivity index (χ0n) is 13.5. The summed E-state index contributed by atoms with van der Waals surface area (Å²) in [5.74, 6) is 2.02. The SMILES string of the molecule is Cc1cc(CNCC(C)C)cc(OCC2CCOCC2)n1. The quantitative estimate of drug-likeness (QED) is 0.839. The van der Waals surface area contributed by atoms with Gasteiger partial charge in [-0.25, -0.2) is 4.98 Å². The molecule has 1 aromatic heterocycles. The molecule has 1 aliphatic heterocycles. The van der Waals surface area contributed by atoms with Crippen LogP contribution in [0.25, 0.3) is 0 Å². The third kappa shape index (κ3) is 6.02. The predicted octanol–water partition coefficient (Wildman–Crippen LogP) is 2.94. The minimum Gasteiger partial charge on any atom is -0.477 e. The van der Waals surface area contributed by atoms with Crippen LogP contribution in [-0.2, 0) is 11.3 Å². The van der Waals surface area contributed by atoms with E-state index in [0.29, 0.717) is 11.8 Å². The summed E-state index contributed by atoms with van der Waals surface area (Å²) in [5, 5.41) is 3.46. The van der Waals surface area contributed by atoms with Gasteiger partial charge in [-0.2, -0.15) is 0 Å². The molecule has 1 aromatic rings. The molecule has 0 unspecified atom stereocenters. The van der Waals surface area contributed by atoms with Crippen LogP contribution in [0.15, 0.2) is 12.1 Å². The lowest BCUT2D eigenvalue weighted by atomic mass is 10.0. The fraction of sp³-hybridized carbons (Fsp3) is 0.706. The van der Waals surface area contributed by atoms with Gasteiger partial charge < -0.3 is 14.8 Å². The molecule has 0 atom stereocenters. The van der Waals surface area contributed by atoms with Crippen molar-refractivity contribution in [2.75, 3.05) is 26.4 Å². The van der Waals surface area contributed by atoms with Gasteiger partial charge in [-0.3, -0.25) is 0 Å². The van der Waals surface area contributed by atoms with Crippen molar-refractivity contribution < 1.29 is 9.47 Å². The molecule has 2 rings (SSSR count). The molecule has 1 N–H and O–H groups in total. The van der Waals surface area contributed by atoms with Crippen LogP contribution in [0.2, 0.25) is 0 Å². The van der Waals surface area contributed by atoms with E-state index in [1.54, 1.807) is 0 Å². The van der Waals surface area contributed by atoms with Crippen molar-refractivity contribution >= 4 is 0 Å². The summed E-state index contributed by atoms with van der Waals surface area (Å²) in [4.78, 5) is 4.48. The van der Waals surface area contributed by atoms with Gasteiger partial charge in [0.2, 0.25) is 5.88 Å². The van der Waals surface area contributed by atoms with Crippen LogP contribution in [0, 0.1) is 18.8 Å². The van der Waals surface area contributed by atoms with E-state index < -0.39 is 0 Å². The summed E-state index contributed by atoms with van der Waals surface area (Å²) in [5.41, 5.74) is 2.26. The van der Waals surface area contributed by atoms with Crippen LogP contribution in [0.4, 0.5) is 0 Å². The van der Waals surface area contributed by atoms with Crippen molar-refractivity contribution in [3.63, 3.8) is 0 Å². The molecular weight excluding hydrogens is 264 g/mol. The molecule has 2 heterocycles. The number of ether oxygens (including phenoxy) is 2. The maximum absolute atomic E-state index is 5.90. The highest BCUT2D eigenvalue weighted by molar-refractivity contribution is 5.24. The van der Waals surface area contributed by atoms with Gasteiger partial charge in [0.05, 0.1) is 6.61 Å². The summed E-state index contributed by atoms with van der Waals surface area (Å²) in [6.07, 6.45) is 2.18. The number of rotatable bonds is 7. The standard InChI is InChI=1S/C17H28N2O2/c1-13(2)10-18-11-16-8-14(3)19-17(9-16)21-12-15-4-6-20-7-5-15/h8-9,13,15,18H,4-7,10-12H2,1-3H3. The number of nitrogens with one attached hydrogen (secondary N) is 1. The van der Waals surface area contributed by atoms with Crippen LogP contribution in [0.5, 0.6) is 5.88 Å². The van der Waals surface area contributed by atoms with Crippen molar-refractivity contribution in [1.29, 1.82) is 0 Å². The third-order valence-corrected chi connectivity index (χ3v) is 3.68. The van der Waals surface area contributed by atoms with Crippen LogP contribution in [-0.4, -0.2) is 31.3 Å². The molecule has 0 amide bonds. The molecule has 0 spiro atoms. The molecule has 0 radical (unpaired) electrons. The molecule has 1 aliphatic rings. The monoisotopic (exact) mass is 292 g/mol. The summed E-state index contributed by atoms with van der Waals surface area (Å²) in [6.45, 7) is 10.8. The van der Waals surface area contributed by atoms with E-state index >= 15 is 0 Å². The highest BCUT2D eigenvalue weighted by atomic mass is 16.5. The Morgan fingerprint density at radius 2 is 2.10 bits per heavy atom. The highest BCUT2D eigenvalue weighted by Gasteiger charge is 2.14. The Bertz CT molecular complexity index is 429. The summed E-state index contributed by atoms with van der Waals surface area (Å²) < 4.78 is 11.3. The van der Waals surface area contributed by atoms with E-state index in [9.17, 15) is 0 Å². The minimum absolute atomic E-state index is 0.601. The molecule has 21 heavy (non-hydrogen) atoms. The number of nitrogens with zero attached hydrogens (tertiary/aromatic N) is 1. The Morgan fingerprint density at radius 3 is 2.81 bits per heavy atom. The van der Waals surface area contributed by atoms with E-state index in [4.69, 9.17) is 9.47 Å². The first-order chi connectivity index (χ1) is 10.1. The average Bonchev–Trinajstić information content (AvgIpc) is 2.45. The fourth-order valence-electron chi connectivity index (χ4n) is 2.50. The molecule has 4 heteroatoms. The maximum Gasteiger partial charge on any atom is 0.213 e. The zero-order chi connectivity index (χ0) is 15.1. The molecular formula is C17H28N2O2. The maximum atomic E-state index is 5.90. The number of aromatic nitrogens is 1. The van der Waals surface area contributed by atoms with Gasteiger partial charge in [0.25, 0.3) is 0 Å². The molecule has 1 saturated heterocycles. The fourth-order valence-corrected chi connectivity index (χ4v) is 2.50.